The first-order valence-corrected chi connectivity index (χ1v) is 6.68. The van der Waals surface area contributed by atoms with Gasteiger partial charge in [-0.25, -0.2) is 14.8 Å². The predicted octanol–water partition coefficient (Wildman–Crippen LogP) is 1.44. The molecule has 0 aliphatic carbocycles. The quantitative estimate of drug-likeness (QED) is 0.869. The van der Waals surface area contributed by atoms with Gasteiger partial charge in [0.05, 0.1) is 18.0 Å². The van der Waals surface area contributed by atoms with Crippen LogP contribution in [0.5, 0.6) is 0 Å². The van der Waals surface area contributed by atoms with Crippen molar-refractivity contribution in [3.63, 3.8) is 0 Å². The van der Waals surface area contributed by atoms with Crippen molar-refractivity contribution in [1.82, 2.24) is 19.9 Å². The average Bonchev–Trinajstić information content (AvgIpc) is 2.92. The van der Waals surface area contributed by atoms with Crippen LogP contribution in [0.2, 0.25) is 0 Å². The summed E-state index contributed by atoms with van der Waals surface area (Å²) in [6.07, 6.45) is 4.26. The zero-order valence-electron chi connectivity index (χ0n) is 11.7. The lowest BCUT2D eigenvalue weighted by Gasteiger charge is -2.22. The van der Waals surface area contributed by atoms with Gasteiger partial charge in [-0.3, -0.25) is 9.88 Å². The fraction of sp³-hybridized carbons (Fsp3) is 0.357. The maximum Gasteiger partial charge on any atom is 0.329 e. The van der Waals surface area contributed by atoms with Crippen LogP contribution in [-0.2, 0) is 16.0 Å². The van der Waals surface area contributed by atoms with Gasteiger partial charge < -0.3 is 4.74 Å². The molecule has 2 aromatic rings. The van der Waals surface area contributed by atoms with E-state index in [2.05, 4.69) is 15.3 Å². The molecular formula is C14H17ClN4O2. The van der Waals surface area contributed by atoms with Crippen LogP contribution in [-0.4, -0.2) is 33.7 Å². The predicted molar refractivity (Wildman–Crippen MR) is 79.7 cm³/mol. The van der Waals surface area contributed by atoms with E-state index >= 15 is 0 Å². The molecule has 6 nitrogen and oxygen atoms in total. The summed E-state index contributed by atoms with van der Waals surface area (Å²) in [5.74, 6) is 0.533. The van der Waals surface area contributed by atoms with Gasteiger partial charge in [0.15, 0.2) is 6.04 Å². The minimum atomic E-state index is -0.483. The van der Waals surface area contributed by atoms with Crippen molar-refractivity contribution in [1.29, 1.82) is 0 Å². The van der Waals surface area contributed by atoms with Crippen molar-refractivity contribution in [3.05, 3.63) is 42.1 Å². The van der Waals surface area contributed by atoms with E-state index in [1.54, 1.807) is 19.4 Å². The number of pyridine rings is 1. The van der Waals surface area contributed by atoms with Gasteiger partial charge in [0.25, 0.3) is 0 Å². The number of nitrogens with one attached hydrogen (secondary N) is 1. The number of carbonyl (C=O) groups is 1. The highest BCUT2D eigenvalue weighted by Gasteiger charge is 2.31. The Morgan fingerprint density at radius 2 is 2.33 bits per heavy atom. The fourth-order valence-electron chi connectivity index (χ4n) is 2.42. The number of fused-ring (bicyclic) bond motifs is 1. The fourth-order valence-corrected chi connectivity index (χ4v) is 2.42. The van der Waals surface area contributed by atoms with Crippen LogP contribution in [0.4, 0.5) is 0 Å². The second-order valence-electron chi connectivity index (χ2n) is 4.52. The largest absolute Gasteiger partial charge is 0.465 e. The lowest BCUT2D eigenvalue weighted by Crippen LogP contribution is -2.36. The third-order valence-corrected chi connectivity index (χ3v) is 3.30. The third kappa shape index (κ3) is 2.91. The van der Waals surface area contributed by atoms with Gasteiger partial charge in [-0.1, -0.05) is 6.07 Å². The molecule has 7 heteroatoms. The number of hydrogen-bond acceptors (Lipinski definition) is 5. The standard InChI is InChI=1S/C14H16N4O2.ClH/c1-2-20-14(19)13-12-10(6-8-16-13)18(9-17-12)11-5-3-4-7-15-11;/h3-5,7,9,13,16H,2,6,8H2,1H3;1H. The highest BCUT2D eigenvalue weighted by atomic mass is 35.5. The Labute approximate surface area is 129 Å². The Kier molecular flexibility index (Phi) is 4.93. The van der Waals surface area contributed by atoms with Crippen LogP contribution in [0.25, 0.3) is 5.82 Å². The summed E-state index contributed by atoms with van der Waals surface area (Å²) in [7, 11) is 0. The summed E-state index contributed by atoms with van der Waals surface area (Å²) < 4.78 is 7.02. The van der Waals surface area contributed by atoms with E-state index in [-0.39, 0.29) is 18.4 Å². The highest BCUT2D eigenvalue weighted by molar-refractivity contribution is 5.85. The van der Waals surface area contributed by atoms with Crippen LogP contribution in [0.15, 0.2) is 30.7 Å². The molecule has 0 aromatic carbocycles. The molecule has 1 atom stereocenters. The normalized spacial score (nSPS) is 16.7. The zero-order valence-corrected chi connectivity index (χ0v) is 12.5. The zero-order chi connectivity index (χ0) is 13.9. The molecule has 1 aliphatic heterocycles. The molecule has 3 heterocycles. The van der Waals surface area contributed by atoms with Crippen molar-refractivity contribution in [2.24, 2.45) is 0 Å². The Balaban J connectivity index is 0.00000161. The Morgan fingerprint density at radius 3 is 3.05 bits per heavy atom. The number of ether oxygens (including phenoxy) is 1. The molecule has 2 aromatic heterocycles. The summed E-state index contributed by atoms with van der Waals surface area (Å²) in [5, 5.41) is 3.15. The van der Waals surface area contributed by atoms with Gasteiger partial charge >= 0.3 is 5.97 Å². The molecule has 0 saturated carbocycles. The van der Waals surface area contributed by atoms with Crippen molar-refractivity contribution in [3.8, 4) is 5.82 Å². The van der Waals surface area contributed by atoms with E-state index in [9.17, 15) is 4.79 Å². The average molecular weight is 309 g/mol. The maximum atomic E-state index is 12.0. The molecule has 0 fully saturated rings. The maximum absolute atomic E-state index is 12.0. The molecule has 0 bridgehead atoms. The monoisotopic (exact) mass is 308 g/mol. The third-order valence-electron chi connectivity index (χ3n) is 3.30. The van der Waals surface area contributed by atoms with E-state index in [1.807, 2.05) is 22.8 Å². The summed E-state index contributed by atoms with van der Waals surface area (Å²) in [4.78, 5) is 20.7. The van der Waals surface area contributed by atoms with Gasteiger partial charge in [0.2, 0.25) is 0 Å². The van der Waals surface area contributed by atoms with Crippen LogP contribution in [0.3, 0.4) is 0 Å². The Bertz CT molecular complexity index is 615. The van der Waals surface area contributed by atoms with Crippen molar-refractivity contribution in [2.45, 2.75) is 19.4 Å². The van der Waals surface area contributed by atoms with E-state index in [0.29, 0.717) is 6.61 Å². The molecular weight excluding hydrogens is 292 g/mol. The first kappa shape index (κ1) is 15.5. The number of imidazole rings is 1. The summed E-state index contributed by atoms with van der Waals surface area (Å²) in [6, 6.07) is 5.24. The topological polar surface area (TPSA) is 69.0 Å². The number of rotatable bonds is 3. The van der Waals surface area contributed by atoms with Gasteiger partial charge in [-0.15, -0.1) is 12.4 Å². The number of hydrogen-bond donors (Lipinski definition) is 1. The smallest absolute Gasteiger partial charge is 0.329 e. The minimum absolute atomic E-state index is 0. The number of carbonyl (C=O) groups excluding carboxylic acids is 1. The van der Waals surface area contributed by atoms with Gasteiger partial charge in [0, 0.05) is 19.2 Å². The number of esters is 1. The van der Waals surface area contributed by atoms with Crippen LogP contribution < -0.4 is 5.32 Å². The lowest BCUT2D eigenvalue weighted by atomic mass is 10.1. The van der Waals surface area contributed by atoms with Crippen molar-refractivity contribution >= 4 is 18.4 Å². The van der Waals surface area contributed by atoms with E-state index in [4.69, 9.17) is 4.74 Å². The molecule has 0 spiro atoms. The highest BCUT2D eigenvalue weighted by Crippen LogP contribution is 2.24. The van der Waals surface area contributed by atoms with Gasteiger partial charge in [0.1, 0.15) is 12.1 Å². The Morgan fingerprint density at radius 1 is 1.48 bits per heavy atom. The second kappa shape index (κ2) is 6.69. The number of halogens is 1. The molecule has 0 amide bonds. The molecule has 1 unspecified atom stereocenters. The SMILES string of the molecule is CCOC(=O)C1NCCc2c1ncn2-c1ccccn1.Cl. The molecule has 21 heavy (non-hydrogen) atoms. The summed E-state index contributed by atoms with van der Waals surface area (Å²) >= 11 is 0. The Hall–Kier alpha value is -1.92. The second-order valence-corrected chi connectivity index (χ2v) is 4.52. The van der Waals surface area contributed by atoms with Crippen molar-refractivity contribution in [2.75, 3.05) is 13.2 Å². The molecule has 1 aliphatic rings. The molecule has 1 N–H and O–H groups in total. The van der Waals surface area contributed by atoms with E-state index < -0.39 is 6.04 Å². The van der Waals surface area contributed by atoms with Gasteiger partial charge in [-0.05, 0) is 19.1 Å². The number of nitrogens with zero attached hydrogens (tertiary/aromatic N) is 3. The van der Waals surface area contributed by atoms with Crippen LogP contribution >= 0.6 is 12.4 Å². The minimum Gasteiger partial charge on any atom is -0.465 e. The molecule has 3 rings (SSSR count). The van der Waals surface area contributed by atoms with Crippen LogP contribution in [0.1, 0.15) is 24.4 Å². The first-order valence-electron chi connectivity index (χ1n) is 6.68. The van der Waals surface area contributed by atoms with Crippen molar-refractivity contribution < 1.29 is 9.53 Å². The van der Waals surface area contributed by atoms with E-state index in [1.165, 1.54) is 0 Å². The van der Waals surface area contributed by atoms with Crippen LogP contribution in [0, 0.1) is 0 Å². The first-order chi connectivity index (χ1) is 9.81. The molecule has 112 valence electrons. The summed E-state index contributed by atoms with van der Waals surface area (Å²) in [5.41, 5.74) is 1.75. The lowest BCUT2D eigenvalue weighted by molar-refractivity contribution is -0.146. The number of aromatic nitrogens is 3. The molecule has 0 saturated heterocycles. The van der Waals surface area contributed by atoms with Gasteiger partial charge in [-0.2, -0.15) is 0 Å². The molecule has 0 radical (unpaired) electrons. The summed E-state index contributed by atoms with van der Waals surface area (Å²) in [6.45, 7) is 2.89. The van der Waals surface area contributed by atoms with E-state index in [0.717, 1.165) is 30.2 Å².